The number of rotatable bonds is 3. The van der Waals surface area contributed by atoms with Crippen molar-refractivity contribution in [2.45, 2.75) is 18.9 Å². The Morgan fingerprint density at radius 3 is 2.56 bits per heavy atom. The van der Waals surface area contributed by atoms with Gasteiger partial charge in [0.1, 0.15) is 6.10 Å². The van der Waals surface area contributed by atoms with Gasteiger partial charge in [-0.3, -0.25) is 0 Å². The highest BCUT2D eigenvalue weighted by atomic mass is 35.5. The number of methoxy groups -OCH3 is 1. The van der Waals surface area contributed by atoms with Crippen LogP contribution in [0.4, 0.5) is 0 Å². The van der Waals surface area contributed by atoms with E-state index in [1.54, 1.807) is 0 Å². The Hall–Kier alpha value is -1.14. The molecule has 0 aromatic carbocycles. The number of nitrogens with zero attached hydrogens (tertiary/aromatic N) is 3. The monoisotopic (exact) mass is 244 g/mol. The third-order valence-electron chi connectivity index (χ3n) is 2.31. The Bertz CT molecular complexity index is 357. The van der Waals surface area contributed by atoms with Gasteiger partial charge in [0.25, 0.3) is 0 Å². The smallest absolute Gasteiger partial charge is 0.324 e. The molecule has 16 heavy (non-hydrogen) atoms. The maximum atomic E-state index is 5.71. The van der Waals surface area contributed by atoms with Crippen molar-refractivity contribution < 1.29 is 9.47 Å². The quantitative estimate of drug-likeness (QED) is 0.843. The Morgan fingerprint density at radius 2 is 1.88 bits per heavy atom. The molecular formula is C9H13ClN4O2. The summed E-state index contributed by atoms with van der Waals surface area (Å²) >= 11 is 5.71. The standard InChI is InChI=1S/C9H13ClN4O2/c1-15-8-12-7(10)13-9(14-8)16-6-2-4-11-5-3-6/h6,11H,2-5H2,1H3. The fourth-order valence-corrected chi connectivity index (χ4v) is 1.67. The minimum Gasteiger partial charge on any atom is -0.467 e. The summed E-state index contributed by atoms with van der Waals surface area (Å²) in [6, 6.07) is 0.396. The third-order valence-corrected chi connectivity index (χ3v) is 2.48. The molecule has 6 nitrogen and oxygen atoms in total. The maximum Gasteiger partial charge on any atom is 0.324 e. The van der Waals surface area contributed by atoms with Crippen molar-refractivity contribution in [3.8, 4) is 12.0 Å². The molecule has 1 aromatic rings. The first-order valence-electron chi connectivity index (χ1n) is 5.11. The van der Waals surface area contributed by atoms with E-state index >= 15 is 0 Å². The van der Waals surface area contributed by atoms with Crippen molar-refractivity contribution >= 4 is 11.6 Å². The number of nitrogens with one attached hydrogen (secondary N) is 1. The lowest BCUT2D eigenvalue weighted by atomic mass is 10.1. The van der Waals surface area contributed by atoms with E-state index in [0.29, 0.717) is 0 Å². The van der Waals surface area contributed by atoms with E-state index in [-0.39, 0.29) is 23.4 Å². The zero-order valence-electron chi connectivity index (χ0n) is 8.94. The van der Waals surface area contributed by atoms with Crippen LogP contribution in [0.1, 0.15) is 12.8 Å². The van der Waals surface area contributed by atoms with Crippen molar-refractivity contribution in [2.75, 3.05) is 20.2 Å². The van der Waals surface area contributed by atoms with Crippen LogP contribution in [-0.2, 0) is 0 Å². The molecule has 2 heterocycles. The molecule has 0 spiro atoms. The van der Waals surface area contributed by atoms with Crippen LogP contribution < -0.4 is 14.8 Å². The molecule has 0 unspecified atom stereocenters. The summed E-state index contributed by atoms with van der Waals surface area (Å²) in [4.78, 5) is 11.6. The second-order valence-electron chi connectivity index (χ2n) is 3.44. The number of aromatic nitrogens is 3. The minimum absolute atomic E-state index is 0.0794. The summed E-state index contributed by atoms with van der Waals surface area (Å²) in [6.45, 7) is 1.89. The summed E-state index contributed by atoms with van der Waals surface area (Å²) < 4.78 is 10.5. The first-order valence-corrected chi connectivity index (χ1v) is 5.48. The van der Waals surface area contributed by atoms with Crippen LogP contribution in [0.3, 0.4) is 0 Å². The summed E-state index contributed by atoms with van der Waals surface area (Å²) in [5.74, 6) is 0. The molecule has 0 amide bonds. The van der Waals surface area contributed by atoms with Gasteiger partial charge >= 0.3 is 12.0 Å². The normalized spacial score (nSPS) is 17.1. The molecule has 88 valence electrons. The summed E-state index contributed by atoms with van der Waals surface area (Å²) in [5.41, 5.74) is 0. The molecule has 0 saturated carbocycles. The van der Waals surface area contributed by atoms with Gasteiger partial charge in [0.2, 0.25) is 5.28 Å². The predicted molar refractivity (Wildman–Crippen MR) is 57.9 cm³/mol. The molecule has 1 aromatic heterocycles. The Balaban J connectivity index is 2.04. The lowest BCUT2D eigenvalue weighted by Crippen LogP contribution is -2.34. The zero-order chi connectivity index (χ0) is 11.4. The van der Waals surface area contributed by atoms with Crippen LogP contribution in [0.5, 0.6) is 12.0 Å². The van der Waals surface area contributed by atoms with Gasteiger partial charge in [-0.25, -0.2) is 0 Å². The van der Waals surface area contributed by atoms with E-state index in [4.69, 9.17) is 21.1 Å². The highest BCUT2D eigenvalue weighted by molar-refractivity contribution is 6.28. The molecular weight excluding hydrogens is 232 g/mol. The Morgan fingerprint density at radius 1 is 1.19 bits per heavy atom. The molecule has 1 saturated heterocycles. The predicted octanol–water partition coefficient (Wildman–Crippen LogP) is 0.664. The summed E-state index contributed by atoms with van der Waals surface area (Å²) in [5, 5.41) is 3.33. The average Bonchev–Trinajstić information content (AvgIpc) is 2.29. The van der Waals surface area contributed by atoms with Crippen LogP contribution in [0.2, 0.25) is 5.28 Å². The lowest BCUT2D eigenvalue weighted by molar-refractivity contribution is 0.146. The van der Waals surface area contributed by atoms with Crippen LogP contribution >= 0.6 is 11.6 Å². The van der Waals surface area contributed by atoms with Gasteiger partial charge in [0, 0.05) is 0 Å². The number of ether oxygens (including phenoxy) is 2. The summed E-state index contributed by atoms with van der Waals surface area (Å²) in [7, 11) is 1.47. The van der Waals surface area contributed by atoms with E-state index in [9.17, 15) is 0 Å². The van der Waals surface area contributed by atoms with Crippen LogP contribution in [0.25, 0.3) is 0 Å². The van der Waals surface area contributed by atoms with Crippen molar-refractivity contribution in [2.24, 2.45) is 0 Å². The van der Waals surface area contributed by atoms with Gasteiger partial charge in [-0.2, -0.15) is 9.97 Å². The largest absolute Gasteiger partial charge is 0.467 e. The third kappa shape index (κ3) is 2.93. The molecule has 2 rings (SSSR count). The van der Waals surface area contributed by atoms with E-state index in [1.165, 1.54) is 7.11 Å². The van der Waals surface area contributed by atoms with Crippen molar-refractivity contribution in [3.05, 3.63) is 5.28 Å². The highest BCUT2D eigenvalue weighted by Crippen LogP contribution is 2.16. The molecule has 1 aliphatic rings. The van der Waals surface area contributed by atoms with Gasteiger partial charge in [-0.05, 0) is 37.5 Å². The van der Waals surface area contributed by atoms with E-state index in [2.05, 4.69) is 20.3 Å². The van der Waals surface area contributed by atoms with Crippen molar-refractivity contribution in [1.29, 1.82) is 0 Å². The fraction of sp³-hybridized carbons (Fsp3) is 0.667. The van der Waals surface area contributed by atoms with Crippen LogP contribution in [-0.4, -0.2) is 41.3 Å². The molecule has 1 N–H and O–H groups in total. The Kier molecular flexibility index (Phi) is 3.74. The SMILES string of the molecule is COc1nc(Cl)nc(OC2CCNCC2)n1. The first-order chi connectivity index (χ1) is 7.78. The molecule has 7 heteroatoms. The van der Waals surface area contributed by atoms with Gasteiger partial charge < -0.3 is 14.8 Å². The molecule has 0 atom stereocenters. The van der Waals surface area contributed by atoms with E-state index < -0.39 is 0 Å². The second-order valence-corrected chi connectivity index (χ2v) is 3.78. The number of hydrogen-bond donors (Lipinski definition) is 1. The average molecular weight is 245 g/mol. The van der Waals surface area contributed by atoms with E-state index in [0.717, 1.165) is 25.9 Å². The maximum absolute atomic E-state index is 5.71. The zero-order valence-corrected chi connectivity index (χ0v) is 9.70. The van der Waals surface area contributed by atoms with Crippen molar-refractivity contribution in [1.82, 2.24) is 20.3 Å². The van der Waals surface area contributed by atoms with Gasteiger partial charge in [0.15, 0.2) is 0 Å². The number of piperidine rings is 1. The van der Waals surface area contributed by atoms with Crippen LogP contribution in [0.15, 0.2) is 0 Å². The van der Waals surface area contributed by atoms with Gasteiger partial charge in [0.05, 0.1) is 7.11 Å². The van der Waals surface area contributed by atoms with E-state index in [1.807, 2.05) is 0 Å². The molecule has 0 bridgehead atoms. The molecule has 1 aliphatic heterocycles. The first kappa shape index (κ1) is 11.3. The molecule has 0 aliphatic carbocycles. The molecule has 1 fully saturated rings. The highest BCUT2D eigenvalue weighted by Gasteiger charge is 2.17. The Labute approximate surface area is 98.4 Å². The number of halogens is 1. The van der Waals surface area contributed by atoms with Gasteiger partial charge in [-0.15, -0.1) is 4.98 Å². The molecule has 0 radical (unpaired) electrons. The minimum atomic E-state index is 0.0794. The number of hydrogen-bond acceptors (Lipinski definition) is 6. The fourth-order valence-electron chi connectivity index (χ4n) is 1.52. The summed E-state index contributed by atoms with van der Waals surface area (Å²) in [6.07, 6.45) is 2.00. The van der Waals surface area contributed by atoms with Crippen molar-refractivity contribution in [3.63, 3.8) is 0 Å². The van der Waals surface area contributed by atoms with Gasteiger partial charge in [-0.1, -0.05) is 0 Å². The second kappa shape index (κ2) is 5.27. The lowest BCUT2D eigenvalue weighted by Gasteiger charge is -2.22. The van der Waals surface area contributed by atoms with Crippen LogP contribution in [0, 0.1) is 0 Å². The topological polar surface area (TPSA) is 69.2 Å².